The van der Waals surface area contributed by atoms with Crippen molar-refractivity contribution in [1.29, 1.82) is 0 Å². The molecule has 1 aromatic heterocycles. The summed E-state index contributed by atoms with van der Waals surface area (Å²) in [6.45, 7) is 50.6. The molecule has 2 aromatic carbocycles. The van der Waals surface area contributed by atoms with E-state index in [1.807, 2.05) is 0 Å². The Kier molecular flexibility index (Phi) is 14.5. The lowest BCUT2D eigenvalue weighted by Gasteiger charge is -2.17. The molecule has 0 bridgehead atoms. The quantitative estimate of drug-likeness (QED) is 0.167. The summed E-state index contributed by atoms with van der Waals surface area (Å²) in [7, 11) is 0. The second-order valence-corrected chi connectivity index (χ2v) is 24.6. The van der Waals surface area contributed by atoms with Gasteiger partial charge in [0.05, 0.1) is 44.5 Å². The molecule has 2 heteroatoms. The van der Waals surface area contributed by atoms with E-state index in [1.54, 1.807) is 0 Å². The van der Waals surface area contributed by atoms with Gasteiger partial charge in [0, 0.05) is 43.3 Å². The fourth-order valence-electron chi connectivity index (χ4n) is 5.09. The summed E-state index contributed by atoms with van der Waals surface area (Å²) < 4.78 is 0. The molecular formula is C60H72N2. The third kappa shape index (κ3) is 16.1. The first-order valence-corrected chi connectivity index (χ1v) is 21.9. The molecule has 0 fully saturated rings. The molecule has 0 saturated carbocycles. The van der Waals surface area contributed by atoms with E-state index in [-0.39, 0.29) is 43.3 Å². The Morgan fingerprint density at radius 2 is 0.306 bits per heavy atom. The molecule has 3 rings (SSSR count). The van der Waals surface area contributed by atoms with Crippen molar-refractivity contribution in [1.82, 2.24) is 9.97 Å². The maximum Gasteiger partial charge on any atom is 0.108 e. The molecule has 0 N–H and O–H groups in total. The van der Waals surface area contributed by atoms with Crippen LogP contribution in [0, 0.1) is 138 Å². The van der Waals surface area contributed by atoms with Crippen LogP contribution in [0.1, 0.15) is 211 Å². The fourth-order valence-corrected chi connectivity index (χ4v) is 5.09. The zero-order chi connectivity index (χ0) is 47.7. The van der Waals surface area contributed by atoms with Crippen LogP contribution in [0.15, 0.2) is 0 Å². The highest BCUT2D eigenvalue weighted by atomic mass is 14.8. The summed E-state index contributed by atoms with van der Waals surface area (Å²) in [5.74, 6) is 56.9. The Labute approximate surface area is 379 Å². The van der Waals surface area contributed by atoms with Gasteiger partial charge in [0.25, 0.3) is 0 Å². The van der Waals surface area contributed by atoms with Crippen molar-refractivity contribution in [2.45, 2.75) is 166 Å². The highest BCUT2D eigenvalue weighted by Crippen LogP contribution is 2.35. The van der Waals surface area contributed by atoms with Crippen LogP contribution < -0.4 is 0 Å². The molecule has 0 unspecified atom stereocenters. The van der Waals surface area contributed by atoms with Crippen LogP contribution in [0.3, 0.4) is 0 Å². The molecule has 0 amide bonds. The number of nitrogens with zero attached hydrogens (tertiary/aromatic N) is 2. The van der Waals surface area contributed by atoms with Gasteiger partial charge in [-0.2, -0.15) is 0 Å². The molecule has 0 saturated heterocycles. The Morgan fingerprint density at radius 3 is 0.419 bits per heavy atom. The number of hydrogen-bond acceptors (Lipinski definition) is 2. The van der Waals surface area contributed by atoms with Gasteiger partial charge < -0.3 is 0 Å². The molecule has 2 nitrogen and oxygen atoms in total. The van der Waals surface area contributed by atoms with Crippen molar-refractivity contribution in [3.05, 3.63) is 44.5 Å². The predicted molar refractivity (Wildman–Crippen MR) is 268 cm³/mol. The van der Waals surface area contributed by atoms with Crippen LogP contribution in [-0.4, -0.2) is 9.97 Å². The lowest BCUT2D eigenvalue weighted by atomic mass is 9.87. The van der Waals surface area contributed by atoms with Crippen molar-refractivity contribution < 1.29 is 0 Å². The lowest BCUT2D eigenvalue weighted by molar-refractivity contribution is 0.570. The number of aromatic nitrogens is 2. The number of rotatable bonds is 0. The summed E-state index contributed by atoms with van der Waals surface area (Å²) in [5.41, 5.74) is 5.22. The Balaban J connectivity index is 3.23. The van der Waals surface area contributed by atoms with Crippen molar-refractivity contribution in [3.8, 4) is 94.7 Å². The SMILES string of the molecule is CC(C)(C)C#Cc1c(C#CC(C)(C)C)c(C#CC(C)(C)C)c2nc3c(C#CC(C)(C)C)c(C#CC(C)(C)C)c(C#CC(C)(C)C)c(C#CC(C)(C)C)c3nc2c1C#CC(C)(C)C. The van der Waals surface area contributed by atoms with Gasteiger partial charge >= 0.3 is 0 Å². The molecular weight excluding hydrogens is 749 g/mol. The van der Waals surface area contributed by atoms with Crippen molar-refractivity contribution in [3.63, 3.8) is 0 Å². The van der Waals surface area contributed by atoms with Crippen LogP contribution in [0.5, 0.6) is 0 Å². The molecule has 322 valence electrons. The van der Waals surface area contributed by atoms with Gasteiger partial charge in [-0.15, -0.1) is 0 Å². The van der Waals surface area contributed by atoms with Gasteiger partial charge in [-0.05, 0) is 166 Å². The van der Waals surface area contributed by atoms with Crippen molar-refractivity contribution in [2.75, 3.05) is 0 Å². The van der Waals surface area contributed by atoms with Gasteiger partial charge in [0.15, 0.2) is 0 Å². The van der Waals surface area contributed by atoms with Crippen LogP contribution >= 0.6 is 0 Å². The van der Waals surface area contributed by atoms with Gasteiger partial charge in [0.2, 0.25) is 0 Å². The number of fused-ring (bicyclic) bond motifs is 2. The van der Waals surface area contributed by atoms with Crippen LogP contribution in [0.25, 0.3) is 22.1 Å². The van der Waals surface area contributed by atoms with Gasteiger partial charge in [-0.1, -0.05) is 94.7 Å². The predicted octanol–water partition coefficient (Wildman–Crippen LogP) is 14.0. The second kappa shape index (κ2) is 17.7. The molecule has 0 atom stereocenters. The number of benzene rings is 2. The highest BCUT2D eigenvalue weighted by molar-refractivity contribution is 6.01. The van der Waals surface area contributed by atoms with E-state index in [1.165, 1.54) is 0 Å². The van der Waals surface area contributed by atoms with E-state index in [4.69, 9.17) is 9.97 Å². The van der Waals surface area contributed by atoms with Crippen LogP contribution in [-0.2, 0) is 0 Å². The average Bonchev–Trinajstić information content (AvgIpc) is 3.04. The Hall–Kier alpha value is -5.48. The summed E-state index contributed by atoms with van der Waals surface area (Å²) in [5, 5.41) is 0. The molecule has 1 heterocycles. The molecule has 62 heavy (non-hydrogen) atoms. The van der Waals surface area contributed by atoms with E-state index in [0.717, 1.165) is 0 Å². The maximum atomic E-state index is 5.66. The second-order valence-electron chi connectivity index (χ2n) is 24.6. The standard InChI is InChI=1S/C60H72N2/c1-53(2,3)33-25-41-42(26-34-54(4,5)6)46(30-38-58(16,17)18)50-49(45(41)29-37-57(13,14)15)61-51-47(31-39-59(19,20)21)43(27-35-55(7,8)9)44(28-36-56(10,11)12)48(52(51)62-50)32-40-60(22,23)24/h1-24H3. The zero-order valence-corrected chi connectivity index (χ0v) is 42.9. The minimum absolute atomic E-state index is 0.313. The highest BCUT2D eigenvalue weighted by Gasteiger charge is 2.26. The third-order valence-electron chi connectivity index (χ3n) is 7.84. The number of hydrogen-bond donors (Lipinski definition) is 0. The van der Waals surface area contributed by atoms with Gasteiger partial charge in [-0.25, -0.2) is 9.97 Å². The van der Waals surface area contributed by atoms with Crippen LogP contribution in [0.4, 0.5) is 0 Å². The Bertz CT molecular complexity index is 2410. The largest absolute Gasteiger partial charge is 0.242 e. The average molecular weight is 821 g/mol. The van der Waals surface area contributed by atoms with Crippen molar-refractivity contribution >= 4 is 22.1 Å². The Morgan fingerprint density at radius 1 is 0.194 bits per heavy atom. The lowest BCUT2D eigenvalue weighted by Crippen LogP contribution is -2.09. The molecule has 0 aliphatic rings. The summed E-state index contributed by atoms with van der Waals surface area (Å²) >= 11 is 0. The molecule has 0 aliphatic carbocycles. The normalized spacial score (nSPS) is 12.1. The van der Waals surface area contributed by atoms with Crippen LogP contribution in [0.2, 0.25) is 0 Å². The van der Waals surface area contributed by atoms with Gasteiger partial charge in [0.1, 0.15) is 22.1 Å². The minimum Gasteiger partial charge on any atom is -0.242 e. The van der Waals surface area contributed by atoms with E-state index < -0.39 is 0 Å². The van der Waals surface area contributed by atoms with E-state index >= 15 is 0 Å². The maximum absolute atomic E-state index is 5.66. The fraction of sp³-hybridized carbons (Fsp3) is 0.533. The van der Waals surface area contributed by atoms with Crippen molar-refractivity contribution in [2.24, 2.45) is 43.3 Å². The van der Waals surface area contributed by atoms with E-state index in [2.05, 4.69) is 261 Å². The van der Waals surface area contributed by atoms with E-state index in [9.17, 15) is 0 Å². The first-order chi connectivity index (χ1) is 27.7. The van der Waals surface area contributed by atoms with Gasteiger partial charge in [-0.3, -0.25) is 0 Å². The first-order valence-electron chi connectivity index (χ1n) is 21.9. The van der Waals surface area contributed by atoms with E-state index in [0.29, 0.717) is 66.6 Å². The first kappa shape index (κ1) is 50.9. The summed E-state index contributed by atoms with van der Waals surface area (Å²) in [4.78, 5) is 11.3. The third-order valence-corrected chi connectivity index (χ3v) is 7.84. The topological polar surface area (TPSA) is 25.8 Å². The summed E-state index contributed by atoms with van der Waals surface area (Å²) in [6.07, 6.45) is 0. The molecule has 0 radical (unpaired) electrons. The summed E-state index contributed by atoms with van der Waals surface area (Å²) in [6, 6.07) is 0. The smallest absolute Gasteiger partial charge is 0.108 e. The molecule has 0 spiro atoms. The minimum atomic E-state index is -0.331. The molecule has 0 aliphatic heterocycles. The zero-order valence-electron chi connectivity index (χ0n) is 42.9. The monoisotopic (exact) mass is 821 g/mol. The molecule has 3 aromatic rings.